The Balaban J connectivity index is 1.81. The van der Waals surface area contributed by atoms with E-state index in [0.29, 0.717) is 11.1 Å². The van der Waals surface area contributed by atoms with Gasteiger partial charge in [0.1, 0.15) is 0 Å². The van der Waals surface area contributed by atoms with Crippen LogP contribution in [0, 0.1) is 0 Å². The molecule has 94 valence electrons. The standard InChI is InChI=1S/C14H11BO4/c16-13(11-7-3-1-4-8-11)18-15-19-14(17)12-9-5-2-6-10-12/h1-10,15H. The van der Waals surface area contributed by atoms with Crippen LogP contribution in [0.5, 0.6) is 0 Å². The summed E-state index contributed by atoms with van der Waals surface area (Å²) >= 11 is 0. The fourth-order valence-corrected chi connectivity index (χ4v) is 1.45. The molecule has 0 saturated heterocycles. The number of rotatable bonds is 4. The van der Waals surface area contributed by atoms with Crippen LogP contribution in [0.15, 0.2) is 60.7 Å². The van der Waals surface area contributed by atoms with Crippen LogP contribution < -0.4 is 0 Å². The van der Waals surface area contributed by atoms with E-state index in [4.69, 9.17) is 9.31 Å². The van der Waals surface area contributed by atoms with Gasteiger partial charge in [0.25, 0.3) is 0 Å². The molecule has 0 fully saturated rings. The second-order valence-corrected chi connectivity index (χ2v) is 3.71. The average Bonchev–Trinajstić information content (AvgIpc) is 2.49. The van der Waals surface area contributed by atoms with E-state index in [0.717, 1.165) is 0 Å². The normalized spacial score (nSPS) is 9.47. The minimum Gasteiger partial charge on any atom is -0.498 e. The third-order valence-electron chi connectivity index (χ3n) is 2.40. The Morgan fingerprint density at radius 3 is 1.42 bits per heavy atom. The number of benzene rings is 2. The summed E-state index contributed by atoms with van der Waals surface area (Å²) in [6, 6.07) is 17.0. The summed E-state index contributed by atoms with van der Waals surface area (Å²) in [6.45, 7) is 0. The molecule has 2 aromatic rings. The van der Waals surface area contributed by atoms with Gasteiger partial charge in [0, 0.05) is 0 Å². The minimum atomic E-state index is -0.526. The first kappa shape index (κ1) is 12.9. The molecule has 2 rings (SSSR count). The molecule has 0 heterocycles. The summed E-state index contributed by atoms with van der Waals surface area (Å²) in [4.78, 5) is 23.1. The first-order valence-corrected chi connectivity index (χ1v) is 5.72. The Kier molecular flexibility index (Phi) is 4.34. The second-order valence-electron chi connectivity index (χ2n) is 3.71. The summed E-state index contributed by atoms with van der Waals surface area (Å²) in [5, 5.41) is 0. The lowest BCUT2D eigenvalue weighted by Gasteiger charge is -2.05. The molecular weight excluding hydrogens is 243 g/mol. The maximum atomic E-state index is 11.5. The third-order valence-corrected chi connectivity index (χ3v) is 2.40. The zero-order valence-corrected chi connectivity index (χ0v) is 10.1. The zero-order valence-electron chi connectivity index (χ0n) is 10.1. The molecule has 0 bridgehead atoms. The van der Waals surface area contributed by atoms with Gasteiger partial charge in [-0.15, -0.1) is 0 Å². The molecule has 0 aromatic heterocycles. The van der Waals surface area contributed by atoms with Crippen LogP contribution in [0.3, 0.4) is 0 Å². The number of carbonyl (C=O) groups is 2. The summed E-state index contributed by atoms with van der Waals surface area (Å²) in [6.07, 6.45) is 0. The summed E-state index contributed by atoms with van der Waals surface area (Å²) in [5.41, 5.74) is 0.830. The van der Waals surface area contributed by atoms with Gasteiger partial charge in [-0.05, 0) is 24.3 Å². The Morgan fingerprint density at radius 2 is 1.05 bits per heavy atom. The van der Waals surface area contributed by atoms with Crippen LogP contribution in [0.1, 0.15) is 20.7 Å². The fourth-order valence-electron chi connectivity index (χ4n) is 1.45. The van der Waals surface area contributed by atoms with Gasteiger partial charge < -0.3 is 9.31 Å². The molecule has 2 aromatic carbocycles. The lowest BCUT2D eigenvalue weighted by molar-refractivity contribution is 0.0632. The van der Waals surface area contributed by atoms with Crippen molar-refractivity contribution >= 4 is 19.6 Å². The van der Waals surface area contributed by atoms with Gasteiger partial charge in [-0.1, -0.05) is 36.4 Å². The molecule has 5 heteroatoms. The molecule has 0 amide bonds. The monoisotopic (exact) mass is 254 g/mol. The second kappa shape index (κ2) is 6.40. The summed E-state index contributed by atoms with van der Waals surface area (Å²) < 4.78 is 9.68. The molecule has 0 N–H and O–H groups in total. The molecule has 0 aliphatic heterocycles. The van der Waals surface area contributed by atoms with Crippen molar-refractivity contribution in [2.45, 2.75) is 0 Å². The lowest BCUT2D eigenvalue weighted by Crippen LogP contribution is -2.16. The van der Waals surface area contributed by atoms with Gasteiger partial charge in [-0.2, -0.15) is 0 Å². The van der Waals surface area contributed by atoms with Crippen molar-refractivity contribution in [3.63, 3.8) is 0 Å². The van der Waals surface area contributed by atoms with Crippen molar-refractivity contribution in [3.05, 3.63) is 71.8 Å². The molecular formula is C14H11BO4. The SMILES string of the molecule is O=C(OBOC(=O)c1ccccc1)c1ccccc1. The van der Waals surface area contributed by atoms with E-state index in [-0.39, 0.29) is 0 Å². The van der Waals surface area contributed by atoms with E-state index in [1.807, 2.05) is 0 Å². The van der Waals surface area contributed by atoms with Gasteiger partial charge in [-0.25, -0.2) is 9.59 Å². The Morgan fingerprint density at radius 1 is 0.684 bits per heavy atom. The predicted molar refractivity (Wildman–Crippen MR) is 70.9 cm³/mol. The maximum absolute atomic E-state index is 11.5. The van der Waals surface area contributed by atoms with Crippen LogP contribution >= 0.6 is 0 Å². The van der Waals surface area contributed by atoms with Crippen molar-refractivity contribution in [2.24, 2.45) is 0 Å². The van der Waals surface area contributed by atoms with Gasteiger partial charge in [0.05, 0.1) is 11.1 Å². The Hall–Kier alpha value is -2.56. The van der Waals surface area contributed by atoms with E-state index in [2.05, 4.69) is 0 Å². The highest BCUT2D eigenvalue weighted by molar-refractivity contribution is 6.28. The quantitative estimate of drug-likeness (QED) is 0.782. The minimum absolute atomic E-state index is 0.401. The lowest BCUT2D eigenvalue weighted by atomic mass is 10.2. The van der Waals surface area contributed by atoms with Crippen molar-refractivity contribution in [1.82, 2.24) is 0 Å². The fraction of sp³-hybridized carbons (Fsp3) is 0. The smallest absolute Gasteiger partial charge is 0.498 e. The van der Waals surface area contributed by atoms with Crippen molar-refractivity contribution in [1.29, 1.82) is 0 Å². The largest absolute Gasteiger partial charge is 0.580 e. The average molecular weight is 254 g/mol. The Labute approximate surface area is 111 Å². The topological polar surface area (TPSA) is 52.6 Å². The molecule has 0 saturated carbocycles. The van der Waals surface area contributed by atoms with E-state index in [1.54, 1.807) is 60.7 Å². The van der Waals surface area contributed by atoms with Crippen LogP contribution in [0.2, 0.25) is 0 Å². The maximum Gasteiger partial charge on any atom is 0.580 e. The molecule has 0 aliphatic carbocycles. The summed E-state index contributed by atoms with van der Waals surface area (Å²) in [5.74, 6) is -1.05. The van der Waals surface area contributed by atoms with E-state index < -0.39 is 19.6 Å². The van der Waals surface area contributed by atoms with Crippen LogP contribution in [0.25, 0.3) is 0 Å². The number of hydrogen-bond acceptors (Lipinski definition) is 4. The van der Waals surface area contributed by atoms with E-state index in [1.165, 1.54) is 0 Å². The van der Waals surface area contributed by atoms with Crippen molar-refractivity contribution < 1.29 is 18.9 Å². The molecule has 0 aliphatic rings. The van der Waals surface area contributed by atoms with Gasteiger partial charge >= 0.3 is 19.6 Å². The molecule has 0 radical (unpaired) electrons. The van der Waals surface area contributed by atoms with E-state index >= 15 is 0 Å². The van der Waals surface area contributed by atoms with E-state index in [9.17, 15) is 9.59 Å². The highest BCUT2D eigenvalue weighted by atomic mass is 16.6. The molecule has 0 spiro atoms. The molecule has 0 atom stereocenters. The number of carbonyl (C=O) groups excluding carboxylic acids is 2. The van der Waals surface area contributed by atoms with Crippen molar-refractivity contribution in [3.8, 4) is 0 Å². The predicted octanol–water partition coefficient (Wildman–Crippen LogP) is 1.97. The third kappa shape index (κ3) is 3.71. The Bertz CT molecular complexity index is 503. The number of hydrogen-bond donors (Lipinski definition) is 0. The highest BCUT2D eigenvalue weighted by Crippen LogP contribution is 2.02. The van der Waals surface area contributed by atoms with Crippen LogP contribution in [-0.2, 0) is 9.31 Å². The van der Waals surface area contributed by atoms with Gasteiger partial charge in [-0.3, -0.25) is 0 Å². The zero-order chi connectivity index (χ0) is 13.5. The molecule has 4 nitrogen and oxygen atoms in total. The highest BCUT2D eigenvalue weighted by Gasteiger charge is 2.11. The van der Waals surface area contributed by atoms with Gasteiger partial charge in [0.15, 0.2) is 0 Å². The molecule has 19 heavy (non-hydrogen) atoms. The first-order valence-electron chi connectivity index (χ1n) is 5.72. The molecule has 0 unspecified atom stereocenters. The first-order chi connectivity index (χ1) is 9.27. The van der Waals surface area contributed by atoms with Crippen LogP contribution in [-0.4, -0.2) is 19.6 Å². The van der Waals surface area contributed by atoms with Crippen LogP contribution in [0.4, 0.5) is 0 Å². The van der Waals surface area contributed by atoms with Gasteiger partial charge in [0.2, 0.25) is 0 Å². The van der Waals surface area contributed by atoms with Crippen molar-refractivity contribution in [2.75, 3.05) is 0 Å². The summed E-state index contributed by atoms with van der Waals surface area (Å²) in [7, 11) is -0.401.